The molecule has 1 amide bonds. The first-order chi connectivity index (χ1) is 9.92. The van der Waals surface area contributed by atoms with Gasteiger partial charge in [0.2, 0.25) is 5.91 Å². The average Bonchev–Trinajstić information content (AvgIpc) is 2.84. The van der Waals surface area contributed by atoms with Crippen LogP contribution in [0.15, 0.2) is 5.38 Å². The molecule has 0 aliphatic carbocycles. The second-order valence-electron chi connectivity index (χ2n) is 4.99. The van der Waals surface area contributed by atoms with Gasteiger partial charge >= 0.3 is 5.97 Å². The van der Waals surface area contributed by atoms with Crippen molar-refractivity contribution in [1.29, 1.82) is 0 Å². The Morgan fingerprint density at radius 2 is 2.05 bits per heavy atom. The number of ether oxygens (including phenoxy) is 1. The Morgan fingerprint density at radius 1 is 1.33 bits per heavy atom. The molecule has 0 bridgehead atoms. The maximum absolute atomic E-state index is 11.6. The Bertz CT molecular complexity index is 474. The molecule has 7 heteroatoms. The Kier molecular flexibility index (Phi) is 7.31. The van der Waals surface area contributed by atoms with Crippen LogP contribution in [0.1, 0.15) is 24.0 Å². The fraction of sp³-hybridized carbons (Fsp3) is 0.643. The van der Waals surface area contributed by atoms with E-state index < -0.39 is 0 Å². The summed E-state index contributed by atoms with van der Waals surface area (Å²) < 4.78 is 4.89. The molecule has 0 N–H and O–H groups in total. The lowest BCUT2D eigenvalue weighted by molar-refractivity contribution is -0.143. The van der Waals surface area contributed by atoms with Crippen molar-refractivity contribution >= 4 is 23.2 Å². The molecule has 0 spiro atoms. The Balaban J connectivity index is 2.39. The first-order valence-corrected chi connectivity index (χ1v) is 7.78. The van der Waals surface area contributed by atoms with Crippen LogP contribution in [0.5, 0.6) is 0 Å². The summed E-state index contributed by atoms with van der Waals surface area (Å²) in [6.45, 7) is 3.50. The lowest BCUT2D eigenvalue weighted by atomic mass is 10.3. The number of carbonyl (C=O) groups excluding carboxylic acids is 2. The van der Waals surface area contributed by atoms with Crippen LogP contribution in [-0.2, 0) is 27.3 Å². The van der Waals surface area contributed by atoms with Crippen molar-refractivity contribution in [3.8, 4) is 0 Å². The molecule has 1 heterocycles. The summed E-state index contributed by atoms with van der Waals surface area (Å²) >= 11 is 1.49. The van der Waals surface area contributed by atoms with Gasteiger partial charge in [-0.3, -0.25) is 14.5 Å². The summed E-state index contributed by atoms with van der Waals surface area (Å²) in [5, 5.41) is 2.78. The fourth-order valence-corrected chi connectivity index (χ4v) is 2.44. The zero-order valence-corrected chi connectivity index (χ0v) is 13.9. The van der Waals surface area contributed by atoms with Crippen LogP contribution in [0.4, 0.5) is 0 Å². The van der Waals surface area contributed by atoms with Crippen LogP contribution in [0.3, 0.4) is 0 Å². The van der Waals surface area contributed by atoms with Crippen LogP contribution >= 0.6 is 11.3 Å². The number of rotatable bonds is 8. The maximum Gasteiger partial charge on any atom is 0.307 e. The van der Waals surface area contributed by atoms with Gasteiger partial charge in [-0.15, -0.1) is 11.3 Å². The van der Waals surface area contributed by atoms with Crippen molar-refractivity contribution < 1.29 is 14.3 Å². The quantitative estimate of drug-likeness (QED) is 0.674. The van der Waals surface area contributed by atoms with Gasteiger partial charge in [0.1, 0.15) is 5.01 Å². The second-order valence-corrected chi connectivity index (χ2v) is 5.93. The molecule has 6 nitrogen and oxygen atoms in total. The lowest BCUT2D eigenvalue weighted by Gasteiger charge is -2.14. The molecule has 118 valence electrons. The Morgan fingerprint density at radius 3 is 2.67 bits per heavy atom. The minimum absolute atomic E-state index is 0.0477. The van der Waals surface area contributed by atoms with E-state index in [4.69, 9.17) is 4.74 Å². The van der Waals surface area contributed by atoms with E-state index in [0.29, 0.717) is 32.5 Å². The van der Waals surface area contributed by atoms with E-state index in [-0.39, 0.29) is 11.9 Å². The monoisotopic (exact) mass is 313 g/mol. The van der Waals surface area contributed by atoms with Crippen molar-refractivity contribution in [3.63, 3.8) is 0 Å². The van der Waals surface area contributed by atoms with Crippen LogP contribution < -0.4 is 0 Å². The first-order valence-electron chi connectivity index (χ1n) is 6.90. The highest BCUT2D eigenvalue weighted by Crippen LogP contribution is 2.12. The standard InChI is InChI=1S/C14H23N3O3S/c1-5-20-14(19)6-7-17(4)9-11-10-21-12(15-11)8-13(18)16(2)3/h10H,5-9H2,1-4H3. The van der Waals surface area contributed by atoms with E-state index in [0.717, 1.165) is 10.7 Å². The minimum Gasteiger partial charge on any atom is -0.466 e. The predicted molar refractivity (Wildman–Crippen MR) is 82.1 cm³/mol. The average molecular weight is 313 g/mol. The third kappa shape index (κ3) is 6.68. The maximum atomic E-state index is 11.6. The molecule has 0 aliphatic heterocycles. The summed E-state index contributed by atoms with van der Waals surface area (Å²) in [6.07, 6.45) is 0.713. The SMILES string of the molecule is CCOC(=O)CCN(C)Cc1csc(CC(=O)N(C)C)n1. The largest absolute Gasteiger partial charge is 0.466 e. The van der Waals surface area contributed by atoms with Crippen molar-refractivity contribution in [3.05, 3.63) is 16.1 Å². The van der Waals surface area contributed by atoms with Crippen LogP contribution in [0.25, 0.3) is 0 Å². The van der Waals surface area contributed by atoms with E-state index in [1.54, 1.807) is 25.9 Å². The number of likely N-dealkylation sites (N-methyl/N-ethyl adjacent to an activating group) is 1. The molecule has 0 saturated heterocycles. The molecule has 0 fully saturated rings. The summed E-state index contributed by atoms with van der Waals surface area (Å²) in [6, 6.07) is 0. The van der Waals surface area contributed by atoms with Crippen molar-refractivity contribution in [2.45, 2.75) is 26.3 Å². The molecule has 0 atom stereocenters. The second kappa shape index (κ2) is 8.74. The van der Waals surface area contributed by atoms with Gasteiger partial charge in [-0.2, -0.15) is 0 Å². The lowest BCUT2D eigenvalue weighted by Crippen LogP contribution is -2.24. The van der Waals surface area contributed by atoms with E-state index in [1.165, 1.54) is 11.3 Å². The van der Waals surface area contributed by atoms with E-state index >= 15 is 0 Å². The molecule has 0 aliphatic rings. The number of carbonyl (C=O) groups is 2. The normalized spacial score (nSPS) is 10.7. The third-order valence-electron chi connectivity index (χ3n) is 2.84. The van der Waals surface area contributed by atoms with Crippen LogP contribution in [0.2, 0.25) is 0 Å². The third-order valence-corrected chi connectivity index (χ3v) is 3.73. The molecular formula is C14H23N3O3S. The number of nitrogens with zero attached hydrogens (tertiary/aromatic N) is 3. The number of amides is 1. The van der Waals surface area contributed by atoms with Gasteiger partial charge in [0.15, 0.2) is 0 Å². The predicted octanol–water partition coefficient (Wildman–Crippen LogP) is 1.16. The smallest absolute Gasteiger partial charge is 0.307 e. The highest BCUT2D eigenvalue weighted by atomic mass is 32.1. The molecule has 0 aromatic carbocycles. The summed E-state index contributed by atoms with van der Waals surface area (Å²) in [5.41, 5.74) is 0.924. The van der Waals surface area contributed by atoms with Gasteiger partial charge in [-0.25, -0.2) is 4.98 Å². The highest BCUT2D eigenvalue weighted by molar-refractivity contribution is 7.09. The van der Waals surface area contributed by atoms with Gasteiger partial charge in [-0.05, 0) is 14.0 Å². The van der Waals surface area contributed by atoms with Crippen LogP contribution in [0, 0.1) is 0 Å². The topological polar surface area (TPSA) is 62.7 Å². The van der Waals surface area contributed by atoms with Crippen molar-refractivity contribution in [1.82, 2.24) is 14.8 Å². The van der Waals surface area contributed by atoms with Gasteiger partial charge in [0.05, 0.1) is 25.1 Å². The number of hydrogen-bond acceptors (Lipinski definition) is 6. The van der Waals surface area contributed by atoms with Gasteiger partial charge in [0, 0.05) is 32.6 Å². The highest BCUT2D eigenvalue weighted by Gasteiger charge is 2.11. The number of thiazole rings is 1. The summed E-state index contributed by atoms with van der Waals surface area (Å²) in [4.78, 5) is 30.9. The van der Waals surface area contributed by atoms with E-state index in [2.05, 4.69) is 4.98 Å². The molecule has 0 unspecified atom stereocenters. The first kappa shape index (κ1) is 17.6. The molecule has 1 aromatic rings. The molecule has 1 aromatic heterocycles. The number of aromatic nitrogens is 1. The Labute approximate surface area is 129 Å². The molecular weight excluding hydrogens is 290 g/mol. The molecule has 0 radical (unpaired) electrons. The van der Waals surface area contributed by atoms with Gasteiger partial charge in [-0.1, -0.05) is 0 Å². The molecule has 0 saturated carbocycles. The van der Waals surface area contributed by atoms with Gasteiger partial charge in [0.25, 0.3) is 0 Å². The summed E-state index contributed by atoms with van der Waals surface area (Å²) in [7, 11) is 5.41. The van der Waals surface area contributed by atoms with Crippen molar-refractivity contribution in [2.75, 3.05) is 34.3 Å². The fourth-order valence-electron chi connectivity index (χ4n) is 1.66. The molecule has 1 rings (SSSR count). The van der Waals surface area contributed by atoms with Crippen molar-refractivity contribution in [2.24, 2.45) is 0 Å². The number of esters is 1. The number of hydrogen-bond donors (Lipinski definition) is 0. The molecule has 21 heavy (non-hydrogen) atoms. The zero-order chi connectivity index (χ0) is 15.8. The Hall–Kier alpha value is -1.47. The van der Waals surface area contributed by atoms with Gasteiger partial charge < -0.3 is 9.64 Å². The van der Waals surface area contributed by atoms with E-state index in [1.807, 2.05) is 17.3 Å². The minimum atomic E-state index is -0.181. The van der Waals surface area contributed by atoms with Crippen LogP contribution in [-0.4, -0.2) is 61.0 Å². The summed E-state index contributed by atoms with van der Waals surface area (Å²) in [5.74, 6) is -0.133. The van der Waals surface area contributed by atoms with E-state index in [9.17, 15) is 9.59 Å². The zero-order valence-electron chi connectivity index (χ0n) is 13.1.